The Morgan fingerprint density at radius 1 is 1.12 bits per heavy atom. The van der Waals surface area contributed by atoms with Gasteiger partial charge in [-0.1, -0.05) is 46.3 Å². The topological polar surface area (TPSA) is 55.2 Å². The van der Waals surface area contributed by atoms with Crippen LogP contribution in [-0.2, 0) is 23.1 Å². The maximum absolute atomic E-state index is 12.8. The van der Waals surface area contributed by atoms with Gasteiger partial charge in [0.1, 0.15) is 0 Å². The molecule has 0 fully saturated rings. The quantitative estimate of drug-likeness (QED) is 0.593. The van der Waals surface area contributed by atoms with Crippen LogP contribution in [0.25, 0.3) is 0 Å². The van der Waals surface area contributed by atoms with Gasteiger partial charge in [0.25, 0.3) is 0 Å². The summed E-state index contributed by atoms with van der Waals surface area (Å²) in [6.45, 7) is 2.80. The number of rotatable bonds is 6. The van der Waals surface area contributed by atoms with E-state index in [-0.39, 0.29) is 11.4 Å². The summed E-state index contributed by atoms with van der Waals surface area (Å²) in [5.41, 5.74) is 2.88. The van der Waals surface area contributed by atoms with Gasteiger partial charge < -0.3 is 0 Å². The lowest BCUT2D eigenvalue weighted by Crippen LogP contribution is -2.26. The van der Waals surface area contributed by atoms with Crippen LogP contribution in [0.5, 0.6) is 0 Å². The smallest absolute Gasteiger partial charge is 0.243 e. The Hall–Kier alpha value is -1.96. The molecule has 1 heterocycles. The predicted octanol–water partition coefficient (Wildman–Crippen LogP) is 3.82. The summed E-state index contributed by atoms with van der Waals surface area (Å²) in [6, 6.07) is 15.1. The van der Waals surface area contributed by atoms with E-state index in [0.717, 1.165) is 21.2 Å². The summed E-state index contributed by atoms with van der Waals surface area (Å²) < 4.78 is 29.6. The van der Waals surface area contributed by atoms with E-state index in [4.69, 9.17) is 0 Å². The third kappa shape index (κ3) is 4.23. The molecule has 1 aromatic heterocycles. The molecule has 0 aliphatic rings. The highest BCUT2D eigenvalue weighted by Crippen LogP contribution is 2.23. The molecule has 0 bridgehead atoms. The normalized spacial score (nSPS) is 11.8. The van der Waals surface area contributed by atoms with E-state index in [1.165, 1.54) is 4.31 Å². The average Bonchev–Trinajstić information content (AvgIpc) is 3.05. The second kappa shape index (κ2) is 7.73. The Kier molecular flexibility index (Phi) is 5.60. The van der Waals surface area contributed by atoms with Crippen molar-refractivity contribution in [1.29, 1.82) is 0 Å². The lowest BCUT2D eigenvalue weighted by Gasteiger charge is -2.17. The molecule has 0 atom stereocenters. The van der Waals surface area contributed by atoms with Crippen molar-refractivity contribution in [1.82, 2.24) is 14.1 Å². The van der Waals surface area contributed by atoms with Crippen molar-refractivity contribution in [3.63, 3.8) is 0 Å². The van der Waals surface area contributed by atoms with Crippen molar-refractivity contribution >= 4 is 26.0 Å². The summed E-state index contributed by atoms with van der Waals surface area (Å²) in [6.07, 6.45) is 3.59. The Balaban J connectivity index is 1.73. The first-order chi connectivity index (χ1) is 12.4. The number of aryl methyl sites for hydroxylation is 1. The van der Waals surface area contributed by atoms with E-state index in [1.807, 2.05) is 48.1 Å². The number of halogens is 1. The van der Waals surface area contributed by atoms with E-state index in [9.17, 15) is 8.42 Å². The standard InChI is InChI=1S/C19H20BrN3O2S/c1-15-10-18(8-9-19(15)20)26(24,25)22(2)12-17-11-21-23(14-17)13-16-6-4-3-5-7-16/h3-11,14H,12-13H2,1-2H3. The summed E-state index contributed by atoms with van der Waals surface area (Å²) in [4.78, 5) is 0.289. The fraction of sp³-hybridized carbons (Fsp3) is 0.211. The number of hydrogen-bond donors (Lipinski definition) is 0. The van der Waals surface area contributed by atoms with E-state index < -0.39 is 10.0 Å². The van der Waals surface area contributed by atoms with Gasteiger partial charge in [0, 0.05) is 29.8 Å². The van der Waals surface area contributed by atoms with Gasteiger partial charge in [0.05, 0.1) is 17.6 Å². The van der Waals surface area contributed by atoms with Crippen LogP contribution < -0.4 is 0 Å². The number of sulfonamides is 1. The Morgan fingerprint density at radius 2 is 1.85 bits per heavy atom. The fourth-order valence-corrected chi connectivity index (χ4v) is 4.14. The van der Waals surface area contributed by atoms with Crippen LogP contribution in [0.15, 0.2) is 70.3 Å². The van der Waals surface area contributed by atoms with Crippen molar-refractivity contribution in [2.45, 2.75) is 24.9 Å². The summed E-state index contributed by atoms with van der Waals surface area (Å²) >= 11 is 3.40. The Labute approximate surface area is 162 Å². The Morgan fingerprint density at radius 3 is 2.54 bits per heavy atom. The van der Waals surface area contributed by atoms with Gasteiger partial charge in [-0.05, 0) is 36.2 Å². The van der Waals surface area contributed by atoms with Crippen molar-refractivity contribution in [2.75, 3.05) is 7.05 Å². The molecule has 136 valence electrons. The minimum Gasteiger partial charge on any atom is -0.268 e. The number of benzene rings is 2. The van der Waals surface area contributed by atoms with E-state index in [0.29, 0.717) is 6.54 Å². The molecular weight excluding hydrogens is 414 g/mol. The van der Waals surface area contributed by atoms with Crippen molar-refractivity contribution < 1.29 is 8.42 Å². The predicted molar refractivity (Wildman–Crippen MR) is 105 cm³/mol. The molecule has 3 aromatic rings. The zero-order valence-corrected chi connectivity index (χ0v) is 17.0. The van der Waals surface area contributed by atoms with Crippen molar-refractivity contribution in [2.24, 2.45) is 0 Å². The van der Waals surface area contributed by atoms with Crippen LogP contribution >= 0.6 is 15.9 Å². The van der Waals surface area contributed by atoms with Gasteiger partial charge in [0.15, 0.2) is 0 Å². The zero-order valence-electron chi connectivity index (χ0n) is 14.6. The molecule has 0 saturated carbocycles. The summed E-state index contributed by atoms with van der Waals surface area (Å²) in [5.74, 6) is 0. The van der Waals surface area contributed by atoms with E-state index >= 15 is 0 Å². The first kappa shape index (κ1) is 18.8. The molecule has 0 amide bonds. The average molecular weight is 434 g/mol. The highest BCUT2D eigenvalue weighted by atomic mass is 79.9. The molecule has 0 unspecified atom stereocenters. The molecule has 0 aliphatic carbocycles. The molecule has 0 aliphatic heterocycles. The lowest BCUT2D eigenvalue weighted by molar-refractivity contribution is 0.466. The Bertz CT molecular complexity index is 1000. The third-order valence-electron chi connectivity index (χ3n) is 4.12. The summed E-state index contributed by atoms with van der Waals surface area (Å²) in [7, 11) is -1.97. The van der Waals surface area contributed by atoms with Gasteiger partial charge in [-0.25, -0.2) is 8.42 Å². The molecule has 7 heteroatoms. The molecule has 2 aromatic carbocycles. The maximum Gasteiger partial charge on any atom is 0.243 e. The molecule has 0 spiro atoms. The number of nitrogens with zero attached hydrogens (tertiary/aromatic N) is 3. The highest BCUT2D eigenvalue weighted by Gasteiger charge is 2.22. The van der Waals surface area contributed by atoms with Gasteiger partial charge >= 0.3 is 0 Å². The van der Waals surface area contributed by atoms with Gasteiger partial charge in [0.2, 0.25) is 10.0 Å². The van der Waals surface area contributed by atoms with Crippen LogP contribution in [-0.4, -0.2) is 29.6 Å². The molecule has 0 saturated heterocycles. The van der Waals surface area contributed by atoms with Gasteiger partial charge in [-0.3, -0.25) is 4.68 Å². The van der Waals surface area contributed by atoms with Gasteiger partial charge in [-0.2, -0.15) is 9.40 Å². The third-order valence-corrected chi connectivity index (χ3v) is 6.81. The first-order valence-electron chi connectivity index (χ1n) is 8.14. The molecule has 5 nitrogen and oxygen atoms in total. The minimum absolute atomic E-state index is 0.270. The lowest BCUT2D eigenvalue weighted by atomic mass is 10.2. The van der Waals surface area contributed by atoms with Crippen LogP contribution in [0, 0.1) is 6.92 Å². The van der Waals surface area contributed by atoms with E-state index in [2.05, 4.69) is 21.0 Å². The number of hydrogen-bond acceptors (Lipinski definition) is 3. The largest absolute Gasteiger partial charge is 0.268 e. The fourth-order valence-electron chi connectivity index (χ4n) is 2.64. The van der Waals surface area contributed by atoms with E-state index in [1.54, 1.807) is 31.4 Å². The first-order valence-corrected chi connectivity index (χ1v) is 10.4. The molecule has 0 N–H and O–H groups in total. The molecule has 0 radical (unpaired) electrons. The van der Waals surface area contributed by atoms with Crippen LogP contribution in [0.1, 0.15) is 16.7 Å². The number of aromatic nitrogens is 2. The second-order valence-electron chi connectivity index (χ2n) is 6.20. The SMILES string of the molecule is Cc1cc(S(=O)(=O)N(C)Cc2cnn(Cc3ccccc3)c2)ccc1Br. The molecule has 26 heavy (non-hydrogen) atoms. The van der Waals surface area contributed by atoms with Crippen LogP contribution in [0.3, 0.4) is 0 Å². The highest BCUT2D eigenvalue weighted by molar-refractivity contribution is 9.10. The minimum atomic E-state index is -3.55. The molecular formula is C19H20BrN3O2S. The van der Waals surface area contributed by atoms with Crippen molar-refractivity contribution in [3.8, 4) is 0 Å². The maximum atomic E-state index is 12.8. The summed E-state index contributed by atoms with van der Waals surface area (Å²) in [5, 5.41) is 4.33. The van der Waals surface area contributed by atoms with Crippen LogP contribution in [0.4, 0.5) is 0 Å². The zero-order chi connectivity index (χ0) is 18.7. The van der Waals surface area contributed by atoms with Gasteiger partial charge in [-0.15, -0.1) is 0 Å². The van der Waals surface area contributed by atoms with Crippen molar-refractivity contribution in [3.05, 3.63) is 82.1 Å². The molecule has 3 rings (SSSR count). The monoisotopic (exact) mass is 433 g/mol. The van der Waals surface area contributed by atoms with Crippen LogP contribution in [0.2, 0.25) is 0 Å². The second-order valence-corrected chi connectivity index (χ2v) is 9.10.